The molecule has 1 aromatic heterocycles. The minimum absolute atomic E-state index is 0.175. The lowest BCUT2D eigenvalue weighted by Crippen LogP contribution is -2.19. The number of halogens is 1. The van der Waals surface area contributed by atoms with Gasteiger partial charge in [0.05, 0.1) is 11.3 Å². The summed E-state index contributed by atoms with van der Waals surface area (Å²) >= 11 is 3.45. The maximum absolute atomic E-state index is 12.4. The molecule has 1 amide bonds. The maximum atomic E-state index is 12.4. The van der Waals surface area contributed by atoms with Crippen LogP contribution in [0.25, 0.3) is 0 Å². The molecular weight excluding hydrogens is 318 g/mol. The second-order valence-electron chi connectivity index (χ2n) is 4.71. The van der Waals surface area contributed by atoms with Crippen LogP contribution in [0.2, 0.25) is 0 Å². The van der Waals surface area contributed by atoms with Crippen molar-refractivity contribution in [1.82, 2.24) is 4.98 Å². The Kier molecular flexibility index (Phi) is 4.39. The van der Waals surface area contributed by atoms with E-state index >= 15 is 0 Å². The van der Waals surface area contributed by atoms with E-state index in [0.29, 0.717) is 11.4 Å². The van der Waals surface area contributed by atoms with Crippen molar-refractivity contribution in [3.63, 3.8) is 0 Å². The molecule has 0 saturated carbocycles. The summed E-state index contributed by atoms with van der Waals surface area (Å²) in [6.07, 6.45) is 1.67. The third kappa shape index (κ3) is 3.17. The average molecular weight is 334 g/mol. The van der Waals surface area contributed by atoms with Crippen molar-refractivity contribution in [3.05, 3.63) is 52.1 Å². The summed E-state index contributed by atoms with van der Waals surface area (Å²) in [5, 5.41) is 2.90. The minimum Gasteiger partial charge on any atom is -0.362 e. The first-order chi connectivity index (χ1) is 9.49. The molecule has 1 heterocycles. The number of nitrogens with one attached hydrogen (secondary N) is 1. The number of hydrogen-bond donors (Lipinski definition) is 1. The molecule has 2 rings (SSSR count). The molecule has 20 heavy (non-hydrogen) atoms. The van der Waals surface area contributed by atoms with Gasteiger partial charge in [-0.3, -0.25) is 4.79 Å². The molecule has 1 N–H and O–H groups in total. The molecule has 1 aromatic carbocycles. The van der Waals surface area contributed by atoms with E-state index in [9.17, 15) is 4.79 Å². The fourth-order valence-electron chi connectivity index (χ4n) is 1.84. The van der Waals surface area contributed by atoms with Crippen LogP contribution in [0.3, 0.4) is 0 Å². The number of hydrogen-bond acceptors (Lipinski definition) is 3. The number of amides is 1. The van der Waals surface area contributed by atoms with E-state index in [1.54, 1.807) is 18.3 Å². The second-order valence-corrected chi connectivity index (χ2v) is 5.56. The van der Waals surface area contributed by atoms with E-state index in [1.807, 2.05) is 44.1 Å². The first-order valence-electron chi connectivity index (χ1n) is 6.19. The van der Waals surface area contributed by atoms with Crippen LogP contribution in [0, 0.1) is 6.92 Å². The number of pyridine rings is 1. The third-order valence-corrected chi connectivity index (χ3v) is 3.48. The Morgan fingerprint density at radius 3 is 2.70 bits per heavy atom. The standard InChI is InChI=1S/C15H16BrN3O/c1-10-6-7-13(12(16)9-10)18-15(20)11-5-4-8-17-14(11)19(2)3/h4-9H,1-3H3,(H,18,20). The molecule has 0 saturated heterocycles. The molecule has 104 valence electrons. The first kappa shape index (κ1) is 14.5. The van der Waals surface area contributed by atoms with Gasteiger partial charge in [-0.2, -0.15) is 0 Å². The predicted octanol–water partition coefficient (Wildman–Crippen LogP) is 3.47. The predicted molar refractivity (Wildman–Crippen MR) is 85.4 cm³/mol. The molecule has 5 heteroatoms. The molecule has 0 spiro atoms. The Balaban J connectivity index is 2.29. The molecule has 0 aliphatic rings. The van der Waals surface area contributed by atoms with Crippen molar-refractivity contribution in [1.29, 1.82) is 0 Å². The van der Waals surface area contributed by atoms with Crippen molar-refractivity contribution in [2.75, 3.05) is 24.3 Å². The second kappa shape index (κ2) is 6.05. The zero-order valence-electron chi connectivity index (χ0n) is 11.6. The maximum Gasteiger partial charge on any atom is 0.259 e. The van der Waals surface area contributed by atoms with Crippen LogP contribution in [0.15, 0.2) is 41.0 Å². The number of rotatable bonds is 3. The Labute approximate surface area is 127 Å². The Morgan fingerprint density at radius 2 is 2.05 bits per heavy atom. The molecule has 4 nitrogen and oxygen atoms in total. The van der Waals surface area contributed by atoms with Crippen molar-refractivity contribution >= 4 is 33.3 Å². The Morgan fingerprint density at radius 1 is 1.30 bits per heavy atom. The number of carbonyl (C=O) groups excluding carboxylic acids is 1. The lowest BCUT2D eigenvalue weighted by atomic mass is 10.2. The SMILES string of the molecule is Cc1ccc(NC(=O)c2cccnc2N(C)C)c(Br)c1. The van der Waals surface area contributed by atoms with Crippen LogP contribution in [0.5, 0.6) is 0 Å². The van der Waals surface area contributed by atoms with Gasteiger partial charge in [-0.15, -0.1) is 0 Å². The van der Waals surface area contributed by atoms with Gasteiger partial charge in [-0.25, -0.2) is 4.98 Å². The topological polar surface area (TPSA) is 45.2 Å². The summed E-state index contributed by atoms with van der Waals surface area (Å²) in [5.41, 5.74) is 2.42. The molecule has 0 unspecified atom stereocenters. The number of aryl methyl sites for hydroxylation is 1. The first-order valence-corrected chi connectivity index (χ1v) is 6.98. The fourth-order valence-corrected chi connectivity index (χ4v) is 2.43. The quantitative estimate of drug-likeness (QED) is 0.935. The Hall–Kier alpha value is -1.88. The van der Waals surface area contributed by atoms with E-state index in [2.05, 4.69) is 26.2 Å². The van der Waals surface area contributed by atoms with Crippen LogP contribution in [0.4, 0.5) is 11.5 Å². The number of benzene rings is 1. The van der Waals surface area contributed by atoms with E-state index in [0.717, 1.165) is 15.7 Å². The third-order valence-electron chi connectivity index (χ3n) is 2.83. The summed E-state index contributed by atoms with van der Waals surface area (Å²) < 4.78 is 0.862. The minimum atomic E-state index is -0.175. The lowest BCUT2D eigenvalue weighted by molar-refractivity contribution is 0.102. The van der Waals surface area contributed by atoms with E-state index in [4.69, 9.17) is 0 Å². The smallest absolute Gasteiger partial charge is 0.259 e. The summed E-state index contributed by atoms with van der Waals surface area (Å²) in [5.74, 6) is 0.472. The van der Waals surface area contributed by atoms with Crippen LogP contribution in [-0.2, 0) is 0 Å². The molecule has 0 fully saturated rings. The number of aromatic nitrogens is 1. The van der Waals surface area contributed by atoms with Gasteiger partial charge in [0.15, 0.2) is 0 Å². The number of anilines is 2. The normalized spacial score (nSPS) is 10.2. The van der Waals surface area contributed by atoms with Gasteiger partial charge >= 0.3 is 0 Å². The number of carbonyl (C=O) groups is 1. The fraction of sp³-hybridized carbons (Fsp3) is 0.200. The highest BCUT2D eigenvalue weighted by Gasteiger charge is 2.14. The van der Waals surface area contributed by atoms with Gasteiger partial charge in [0.2, 0.25) is 0 Å². The molecule has 0 aliphatic heterocycles. The monoisotopic (exact) mass is 333 g/mol. The largest absolute Gasteiger partial charge is 0.362 e. The highest BCUT2D eigenvalue weighted by atomic mass is 79.9. The van der Waals surface area contributed by atoms with Crippen LogP contribution >= 0.6 is 15.9 Å². The van der Waals surface area contributed by atoms with Gasteiger partial charge < -0.3 is 10.2 Å². The summed E-state index contributed by atoms with van der Waals surface area (Å²) in [6.45, 7) is 2.00. The molecule has 0 atom stereocenters. The van der Waals surface area contributed by atoms with E-state index in [1.165, 1.54) is 0 Å². The molecule has 0 radical (unpaired) electrons. The van der Waals surface area contributed by atoms with Crippen molar-refractivity contribution < 1.29 is 4.79 Å². The van der Waals surface area contributed by atoms with Crippen LogP contribution < -0.4 is 10.2 Å². The summed E-state index contributed by atoms with van der Waals surface area (Å²) in [6, 6.07) is 9.32. The van der Waals surface area contributed by atoms with Crippen molar-refractivity contribution in [2.24, 2.45) is 0 Å². The van der Waals surface area contributed by atoms with E-state index in [-0.39, 0.29) is 5.91 Å². The molecular formula is C15H16BrN3O. The van der Waals surface area contributed by atoms with Gasteiger partial charge in [-0.1, -0.05) is 6.07 Å². The molecule has 0 bridgehead atoms. The molecule has 2 aromatic rings. The lowest BCUT2D eigenvalue weighted by Gasteiger charge is -2.16. The van der Waals surface area contributed by atoms with Gasteiger partial charge in [0.1, 0.15) is 5.82 Å². The van der Waals surface area contributed by atoms with Crippen molar-refractivity contribution in [2.45, 2.75) is 6.92 Å². The van der Waals surface area contributed by atoms with E-state index < -0.39 is 0 Å². The number of nitrogens with zero attached hydrogens (tertiary/aromatic N) is 2. The zero-order chi connectivity index (χ0) is 14.7. The Bertz CT molecular complexity index is 641. The van der Waals surface area contributed by atoms with Crippen LogP contribution in [0.1, 0.15) is 15.9 Å². The van der Waals surface area contributed by atoms with Crippen molar-refractivity contribution in [3.8, 4) is 0 Å². The molecule has 0 aliphatic carbocycles. The summed E-state index contributed by atoms with van der Waals surface area (Å²) in [7, 11) is 3.72. The summed E-state index contributed by atoms with van der Waals surface area (Å²) in [4.78, 5) is 18.4. The highest BCUT2D eigenvalue weighted by Crippen LogP contribution is 2.25. The van der Waals surface area contributed by atoms with Gasteiger partial charge in [-0.05, 0) is 52.7 Å². The van der Waals surface area contributed by atoms with Gasteiger partial charge in [0, 0.05) is 24.8 Å². The van der Waals surface area contributed by atoms with Crippen LogP contribution in [-0.4, -0.2) is 25.0 Å². The zero-order valence-corrected chi connectivity index (χ0v) is 13.2. The highest BCUT2D eigenvalue weighted by molar-refractivity contribution is 9.10. The average Bonchev–Trinajstić information content (AvgIpc) is 2.41. The van der Waals surface area contributed by atoms with Gasteiger partial charge in [0.25, 0.3) is 5.91 Å².